The van der Waals surface area contributed by atoms with Crippen LogP contribution in [-0.2, 0) is 11.3 Å². The van der Waals surface area contributed by atoms with E-state index in [-0.39, 0.29) is 11.8 Å². The van der Waals surface area contributed by atoms with Crippen molar-refractivity contribution in [1.82, 2.24) is 20.9 Å². The summed E-state index contributed by atoms with van der Waals surface area (Å²) in [5, 5.41) is 12.4. The van der Waals surface area contributed by atoms with Crippen LogP contribution in [0.5, 0.6) is 0 Å². The molecule has 1 aromatic rings. The summed E-state index contributed by atoms with van der Waals surface area (Å²) in [4.78, 5) is 20.2. The van der Waals surface area contributed by atoms with E-state index < -0.39 is 0 Å². The van der Waals surface area contributed by atoms with Gasteiger partial charge in [-0.1, -0.05) is 27.7 Å². The lowest BCUT2D eigenvalue weighted by molar-refractivity contribution is -0.123. The van der Waals surface area contributed by atoms with Crippen molar-refractivity contribution in [2.24, 2.45) is 10.9 Å². The summed E-state index contributed by atoms with van der Waals surface area (Å²) in [6, 6.07) is 0. The van der Waals surface area contributed by atoms with Crippen LogP contribution in [0.25, 0.3) is 0 Å². The highest BCUT2D eigenvalue weighted by atomic mass is 32.1. The minimum atomic E-state index is 0.0116. The monoisotopic (exact) mass is 325 g/mol. The Balaban J connectivity index is 2.29. The van der Waals surface area contributed by atoms with Crippen LogP contribution in [0.15, 0.2) is 10.4 Å². The van der Waals surface area contributed by atoms with E-state index >= 15 is 0 Å². The number of nitrogens with one attached hydrogen (secondary N) is 3. The summed E-state index contributed by atoms with van der Waals surface area (Å²) in [6.07, 6.45) is 0. The Morgan fingerprint density at radius 2 is 1.91 bits per heavy atom. The van der Waals surface area contributed by atoms with Gasteiger partial charge in [0.05, 0.1) is 12.2 Å². The molecule has 0 fully saturated rings. The van der Waals surface area contributed by atoms with Crippen LogP contribution in [0.4, 0.5) is 0 Å². The molecule has 6 nitrogen and oxygen atoms in total. The number of rotatable bonds is 7. The Labute approximate surface area is 136 Å². The second-order valence-electron chi connectivity index (χ2n) is 5.62. The highest BCUT2D eigenvalue weighted by Gasteiger charge is 2.07. The maximum atomic E-state index is 11.4. The fourth-order valence-electron chi connectivity index (χ4n) is 1.62. The normalized spacial score (nSPS) is 11.9. The molecule has 124 valence electrons. The lowest BCUT2D eigenvalue weighted by Gasteiger charge is -2.12. The van der Waals surface area contributed by atoms with Gasteiger partial charge in [0, 0.05) is 31.4 Å². The molecule has 0 atom stereocenters. The van der Waals surface area contributed by atoms with E-state index in [0.717, 1.165) is 10.7 Å². The van der Waals surface area contributed by atoms with Crippen molar-refractivity contribution in [3.8, 4) is 0 Å². The van der Waals surface area contributed by atoms with Crippen LogP contribution in [0.1, 0.15) is 44.3 Å². The van der Waals surface area contributed by atoms with Crippen LogP contribution in [0, 0.1) is 5.92 Å². The quantitative estimate of drug-likeness (QED) is 0.405. The molecular weight excluding hydrogens is 298 g/mol. The van der Waals surface area contributed by atoms with Crippen LogP contribution < -0.4 is 16.0 Å². The molecule has 0 aromatic carbocycles. The Bertz CT molecular complexity index is 496. The van der Waals surface area contributed by atoms with Crippen molar-refractivity contribution in [3.63, 3.8) is 0 Å². The van der Waals surface area contributed by atoms with Gasteiger partial charge in [0.2, 0.25) is 5.91 Å². The lowest BCUT2D eigenvalue weighted by Crippen LogP contribution is -2.41. The molecule has 0 saturated carbocycles. The van der Waals surface area contributed by atoms with Crippen molar-refractivity contribution >= 4 is 23.2 Å². The highest BCUT2D eigenvalue weighted by molar-refractivity contribution is 7.09. The van der Waals surface area contributed by atoms with E-state index in [1.54, 1.807) is 18.4 Å². The summed E-state index contributed by atoms with van der Waals surface area (Å²) in [6.45, 7) is 9.89. The zero-order valence-electron chi connectivity index (χ0n) is 14.1. The minimum Gasteiger partial charge on any atom is -0.355 e. The number of carbonyl (C=O) groups is 1. The average molecular weight is 325 g/mol. The molecule has 22 heavy (non-hydrogen) atoms. The number of aliphatic imine (C=N–C) groups is 1. The maximum Gasteiger partial charge on any atom is 0.222 e. The fraction of sp³-hybridized carbons (Fsp3) is 0.667. The number of hydrogen-bond acceptors (Lipinski definition) is 4. The summed E-state index contributed by atoms with van der Waals surface area (Å²) >= 11 is 1.65. The third kappa shape index (κ3) is 6.43. The topological polar surface area (TPSA) is 78.4 Å². The van der Waals surface area contributed by atoms with E-state index in [9.17, 15) is 4.79 Å². The van der Waals surface area contributed by atoms with Gasteiger partial charge in [-0.2, -0.15) is 0 Å². The Morgan fingerprint density at radius 1 is 1.23 bits per heavy atom. The van der Waals surface area contributed by atoms with E-state index in [4.69, 9.17) is 0 Å². The largest absolute Gasteiger partial charge is 0.355 e. The molecule has 0 aliphatic heterocycles. The first-order valence-corrected chi connectivity index (χ1v) is 8.48. The molecule has 1 aromatic heterocycles. The van der Waals surface area contributed by atoms with Gasteiger partial charge in [0.15, 0.2) is 5.96 Å². The standard InChI is InChI=1S/C15H27N5OS/c1-10(2)12-9-22-13(20-12)8-19-15(16-5)18-7-6-17-14(21)11(3)4/h9-11H,6-8H2,1-5H3,(H,17,21)(H2,16,18,19). The zero-order valence-corrected chi connectivity index (χ0v) is 14.9. The Kier molecular flexibility index (Phi) is 7.87. The molecule has 0 aliphatic carbocycles. The summed E-state index contributed by atoms with van der Waals surface area (Å²) in [5.41, 5.74) is 1.13. The average Bonchev–Trinajstić information content (AvgIpc) is 2.95. The molecule has 1 rings (SSSR count). The SMILES string of the molecule is CN=C(NCCNC(=O)C(C)C)NCc1nc(C(C)C)cs1. The highest BCUT2D eigenvalue weighted by Crippen LogP contribution is 2.17. The number of amides is 1. The van der Waals surface area contributed by atoms with Gasteiger partial charge in [-0.25, -0.2) is 4.98 Å². The first kappa shape index (κ1) is 18.4. The predicted molar refractivity (Wildman–Crippen MR) is 92.3 cm³/mol. The predicted octanol–water partition coefficient (Wildman–Crippen LogP) is 1.70. The third-order valence-electron chi connectivity index (χ3n) is 3.03. The van der Waals surface area contributed by atoms with Gasteiger partial charge in [-0.05, 0) is 5.92 Å². The summed E-state index contributed by atoms with van der Waals surface area (Å²) < 4.78 is 0. The number of carbonyl (C=O) groups excluding carboxylic acids is 1. The second-order valence-corrected chi connectivity index (χ2v) is 6.56. The van der Waals surface area contributed by atoms with Crippen LogP contribution in [-0.4, -0.2) is 37.0 Å². The van der Waals surface area contributed by atoms with Gasteiger partial charge in [-0.15, -0.1) is 11.3 Å². The van der Waals surface area contributed by atoms with Crippen molar-refractivity contribution < 1.29 is 4.79 Å². The Hall–Kier alpha value is -1.63. The number of hydrogen-bond donors (Lipinski definition) is 3. The van der Waals surface area contributed by atoms with Crippen molar-refractivity contribution in [2.45, 2.75) is 40.2 Å². The minimum absolute atomic E-state index is 0.0116. The number of guanidine groups is 1. The van der Waals surface area contributed by atoms with Crippen molar-refractivity contribution in [3.05, 3.63) is 16.1 Å². The first-order chi connectivity index (χ1) is 10.4. The molecule has 0 spiro atoms. The zero-order chi connectivity index (χ0) is 16.5. The molecule has 0 bridgehead atoms. The lowest BCUT2D eigenvalue weighted by atomic mass is 10.2. The molecule has 1 amide bonds. The van der Waals surface area contributed by atoms with E-state index in [0.29, 0.717) is 31.5 Å². The van der Waals surface area contributed by atoms with E-state index in [2.05, 4.69) is 45.2 Å². The van der Waals surface area contributed by atoms with Crippen LogP contribution in [0.3, 0.4) is 0 Å². The number of nitrogens with zero attached hydrogens (tertiary/aromatic N) is 2. The van der Waals surface area contributed by atoms with E-state index in [1.165, 1.54) is 0 Å². The molecule has 1 heterocycles. The van der Waals surface area contributed by atoms with Gasteiger partial charge >= 0.3 is 0 Å². The fourth-order valence-corrected chi connectivity index (χ4v) is 2.52. The van der Waals surface area contributed by atoms with Gasteiger partial charge < -0.3 is 16.0 Å². The summed E-state index contributed by atoms with van der Waals surface area (Å²) in [5.74, 6) is 1.23. The van der Waals surface area contributed by atoms with Gasteiger partial charge in [0.25, 0.3) is 0 Å². The molecule has 0 saturated heterocycles. The molecule has 7 heteroatoms. The Morgan fingerprint density at radius 3 is 2.45 bits per heavy atom. The molecule has 0 unspecified atom stereocenters. The smallest absolute Gasteiger partial charge is 0.222 e. The third-order valence-corrected chi connectivity index (χ3v) is 3.90. The number of aromatic nitrogens is 1. The second kappa shape index (κ2) is 9.40. The number of thiazole rings is 1. The van der Waals surface area contributed by atoms with Crippen LogP contribution in [0.2, 0.25) is 0 Å². The molecule has 0 radical (unpaired) electrons. The van der Waals surface area contributed by atoms with Gasteiger partial charge in [0.1, 0.15) is 5.01 Å². The maximum absolute atomic E-state index is 11.4. The summed E-state index contributed by atoms with van der Waals surface area (Å²) in [7, 11) is 1.73. The molecule has 3 N–H and O–H groups in total. The molecule has 0 aliphatic rings. The van der Waals surface area contributed by atoms with Crippen molar-refractivity contribution in [2.75, 3.05) is 20.1 Å². The van der Waals surface area contributed by atoms with E-state index in [1.807, 2.05) is 13.8 Å². The van der Waals surface area contributed by atoms with Crippen LogP contribution >= 0.6 is 11.3 Å². The molecular formula is C15H27N5OS. The van der Waals surface area contributed by atoms with Gasteiger partial charge in [-0.3, -0.25) is 9.79 Å². The first-order valence-electron chi connectivity index (χ1n) is 7.60. The van der Waals surface area contributed by atoms with Crippen molar-refractivity contribution in [1.29, 1.82) is 0 Å².